The normalized spacial score (nSPS) is 12.1. The molecule has 1 rings (SSSR count). The van der Waals surface area contributed by atoms with Gasteiger partial charge in [0.2, 0.25) is 0 Å². The monoisotopic (exact) mass is 273 g/mol. The number of aromatic hydroxyl groups is 1. The van der Waals surface area contributed by atoms with Crippen molar-refractivity contribution in [3.8, 4) is 11.5 Å². The highest BCUT2D eigenvalue weighted by Gasteiger charge is 2.20. The summed E-state index contributed by atoms with van der Waals surface area (Å²) in [7, 11) is 1.29. The zero-order valence-electron chi connectivity index (χ0n) is 8.28. The molecule has 0 spiro atoms. The lowest BCUT2D eigenvalue weighted by Gasteiger charge is -2.13. The first-order chi connectivity index (χ1) is 6.97. The summed E-state index contributed by atoms with van der Waals surface area (Å²) in [6.45, 7) is 0. The van der Waals surface area contributed by atoms with Crippen LogP contribution in [0.25, 0.3) is 0 Å². The van der Waals surface area contributed by atoms with E-state index in [1.807, 2.05) is 0 Å². The Balaban J connectivity index is 0.00000225. The molecule has 7 heteroatoms. The number of rotatable bonds is 3. The van der Waals surface area contributed by atoms with Crippen molar-refractivity contribution in [2.45, 2.75) is 12.5 Å². The molecular formula is C9H11Cl2F2NO2. The molecule has 0 unspecified atom stereocenters. The van der Waals surface area contributed by atoms with Gasteiger partial charge in [-0.15, -0.1) is 12.4 Å². The minimum Gasteiger partial charge on any atom is -0.503 e. The Bertz CT molecular complexity index is 364. The third-order valence-electron chi connectivity index (χ3n) is 1.93. The van der Waals surface area contributed by atoms with Gasteiger partial charge in [0.1, 0.15) is 0 Å². The molecule has 3 N–H and O–H groups in total. The zero-order valence-corrected chi connectivity index (χ0v) is 9.86. The van der Waals surface area contributed by atoms with E-state index in [-0.39, 0.29) is 34.5 Å². The molecule has 1 aromatic rings. The molecule has 0 saturated carbocycles. The van der Waals surface area contributed by atoms with Gasteiger partial charge in [-0.25, -0.2) is 8.78 Å². The van der Waals surface area contributed by atoms with Crippen molar-refractivity contribution in [3.05, 3.63) is 22.7 Å². The van der Waals surface area contributed by atoms with Crippen LogP contribution in [0.15, 0.2) is 12.1 Å². The maximum atomic E-state index is 12.3. The molecule has 0 aliphatic carbocycles. The molecule has 1 aromatic carbocycles. The largest absolute Gasteiger partial charge is 0.503 e. The Morgan fingerprint density at radius 2 is 2.00 bits per heavy atom. The maximum absolute atomic E-state index is 12.3. The maximum Gasteiger partial charge on any atom is 0.257 e. The molecule has 0 heterocycles. The number of alkyl halides is 2. The fourth-order valence-electron chi connectivity index (χ4n) is 1.09. The van der Waals surface area contributed by atoms with E-state index in [1.165, 1.54) is 19.2 Å². The van der Waals surface area contributed by atoms with E-state index >= 15 is 0 Å². The highest BCUT2D eigenvalue weighted by molar-refractivity contribution is 6.32. The lowest BCUT2D eigenvalue weighted by molar-refractivity contribution is 0.116. The molecule has 3 nitrogen and oxygen atoms in total. The third-order valence-corrected chi connectivity index (χ3v) is 2.22. The Morgan fingerprint density at radius 1 is 1.44 bits per heavy atom. The number of hydrogen-bond acceptors (Lipinski definition) is 3. The fourth-order valence-corrected chi connectivity index (χ4v) is 1.31. The number of hydrogen-bond donors (Lipinski definition) is 2. The van der Waals surface area contributed by atoms with Crippen molar-refractivity contribution in [2.24, 2.45) is 5.73 Å². The summed E-state index contributed by atoms with van der Waals surface area (Å²) in [6, 6.07) is 0.978. The summed E-state index contributed by atoms with van der Waals surface area (Å²) in [5, 5.41) is 9.29. The number of phenols is 1. The van der Waals surface area contributed by atoms with E-state index in [4.69, 9.17) is 22.1 Å². The van der Waals surface area contributed by atoms with Crippen LogP contribution in [0.1, 0.15) is 11.6 Å². The zero-order chi connectivity index (χ0) is 11.6. The van der Waals surface area contributed by atoms with Crippen molar-refractivity contribution in [1.29, 1.82) is 0 Å². The lowest BCUT2D eigenvalue weighted by atomic mass is 10.1. The molecule has 0 aliphatic rings. The van der Waals surface area contributed by atoms with Crippen molar-refractivity contribution < 1.29 is 18.6 Å². The number of ether oxygens (including phenoxy) is 1. The van der Waals surface area contributed by atoms with Crippen LogP contribution >= 0.6 is 24.0 Å². The summed E-state index contributed by atoms with van der Waals surface area (Å²) in [4.78, 5) is 0. The first kappa shape index (κ1) is 15.2. The number of methoxy groups -OCH3 is 1. The van der Waals surface area contributed by atoms with Crippen LogP contribution in [0.3, 0.4) is 0 Å². The second-order valence-electron chi connectivity index (χ2n) is 2.91. The highest BCUT2D eigenvalue weighted by Crippen LogP contribution is 2.37. The fraction of sp³-hybridized carbons (Fsp3) is 0.333. The van der Waals surface area contributed by atoms with Gasteiger partial charge in [-0.2, -0.15) is 0 Å². The van der Waals surface area contributed by atoms with Gasteiger partial charge >= 0.3 is 0 Å². The average Bonchev–Trinajstić information content (AvgIpc) is 2.20. The third kappa shape index (κ3) is 3.10. The predicted molar refractivity (Wildman–Crippen MR) is 59.8 cm³/mol. The summed E-state index contributed by atoms with van der Waals surface area (Å²) in [5.74, 6) is -0.266. The van der Waals surface area contributed by atoms with E-state index in [9.17, 15) is 13.9 Å². The van der Waals surface area contributed by atoms with E-state index < -0.39 is 12.5 Å². The van der Waals surface area contributed by atoms with Gasteiger partial charge in [0, 0.05) is 0 Å². The van der Waals surface area contributed by atoms with Gasteiger partial charge in [0.25, 0.3) is 6.43 Å². The van der Waals surface area contributed by atoms with E-state index in [2.05, 4.69) is 0 Å². The molecule has 0 amide bonds. The Kier molecular flexibility index (Phi) is 5.78. The van der Waals surface area contributed by atoms with Crippen molar-refractivity contribution in [1.82, 2.24) is 0 Å². The molecule has 1 atom stereocenters. The minimum atomic E-state index is -2.70. The molecule has 16 heavy (non-hydrogen) atoms. The van der Waals surface area contributed by atoms with Gasteiger partial charge in [-0.1, -0.05) is 11.6 Å². The smallest absolute Gasteiger partial charge is 0.257 e. The van der Waals surface area contributed by atoms with Crippen LogP contribution in [0.2, 0.25) is 5.02 Å². The first-order valence-electron chi connectivity index (χ1n) is 4.07. The number of phenolic OH excluding ortho intramolecular Hbond substituents is 1. The summed E-state index contributed by atoms with van der Waals surface area (Å²) in [6.07, 6.45) is -2.70. The number of benzene rings is 1. The van der Waals surface area contributed by atoms with Gasteiger partial charge in [0.05, 0.1) is 18.2 Å². The average molecular weight is 274 g/mol. The van der Waals surface area contributed by atoms with Crippen LogP contribution in [-0.4, -0.2) is 18.6 Å². The molecule has 92 valence electrons. The van der Waals surface area contributed by atoms with Gasteiger partial charge in [-0.3, -0.25) is 0 Å². The lowest BCUT2D eigenvalue weighted by Crippen LogP contribution is -2.18. The Hall–Kier alpha value is -0.780. The van der Waals surface area contributed by atoms with E-state index in [0.29, 0.717) is 0 Å². The second kappa shape index (κ2) is 6.08. The Morgan fingerprint density at radius 3 is 2.44 bits per heavy atom. The predicted octanol–water partition coefficient (Wildman–Crippen LogP) is 2.74. The Labute approximate surface area is 103 Å². The van der Waals surface area contributed by atoms with E-state index in [1.54, 1.807) is 0 Å². The first-order valence-corrected chi connectivity index (χ1v) is 4.45. The molecule has 0 saturated heterocycles. The van der Waals surface area contributed by atoms with Crippen molar-refractivity contribution in [3.63, 3.8) is 0 Å². The topological polar surface area (TPSA) is 55.5 Å². The summed E-state index contributed by atoms with van der Waals surface area (Å²) in [5.41, 5.74) is 5.35. The molecular weight excluding hydrogens is 263 g/mol. The standard InChI is InChI=1S/C9H10ClF2NO2.ClH/c1-15-6-3-4(7(13)9(11)12)2-5(10)8(6)14;/h2-3,7,9,14H,13H2,1H3;1H/t7-;/m1./s1. The molecule has 0 aliphatic heterocycles. The highest BCUT2D eigenvalue weighted by atomic mass is 35.5. The van der Waals surface area contributed by atoms with Gasteiger partial charge in [-0.05, 0) is 17.7 Å². The summed E-state index contributed by atoms with van der Waals surface area (Å²) >= 11 is 5.62. The number of halogens is 4. The molecule has 0 bridgehead atoms. The van der Waals surface area contributed by atoms with Gasteiger partial charge < -0.3 is 15.6 Å². The quantitative estimate of drug-likeness (QED) is 0.891. The molecule has 0 fully saturated rings. The van der Waals surface area contributed by atoms with Crippen LogP contribution < -0.4 is 10.5 Å². The molecule has 0 aromatic heterocycles. The van der Waals surface area contributed by atoms with Crippen LogP contribution in [-0.2, 0) is 0 Å². The number of nitrogens with two attached hydrogens (primary N) is 1. The second-order valence-corrected chi connectivity index (χ2v) is 3.32. The van der Waals surface area contributed by atoms with Crippen LogP contribution in [0.5, 0.6) is 11.5 Å². The van der Waals surface area contributed by atoms with Crippen molar-refractivity contribution >= 4 is 24.0 Å². The summed E-state index contributed by atoms with van der Waals surface area (Å²) < 4.78 is 29.4. The van der Waals surface area contributed by atoms with Crippen LogP contribution in [0, 0.1) is 0 Å². The molecule has 0 radical (unpaired) electrons. The minimum absolute atomic E-state index is 0. The van der Waals surface area contributed by atoms with Crippen LogP contribution in [0.4, 0.5) is 8.78 Å². The van der Waals surface area contributed by atoms with E-state index in [0.717, 1.165) is 0 Å². The van der Waals surface area contributed by atoms with Gasteiger partial charge in [0.15, 0.2) is 11.5 Å². The van der Waals surface area contributed by atoms with Crippen molar-refractivity contribution in [2.75, 3.05) is 7.11 Å². The SMILES string of the molecule is COc1cc([C@@H](N)C(F)F)cc(Cl)c1O.Cl.